The smallest absolute Gasteiger partial charge is 0.336 e. The van der Waals surface area contributed by atoms with Crippen molar-refractivity contribution in [2.45, 2.75) is 6.61 Å². The Morgan fingerprint density at radius 2 is 1.92 bits per heavy atom. The van der Waals surface area contributed by atoms with Gasteiger partial charge in [0.15, 0.2) is 6.61 Å². The minimum absolute atomic E-state index is 0.112. The van der Waals surface area contributed by atoms with Gasteiger partial charge in [0.1, 0.15) is 11.3 Å². The molecule has 25 heavy (non-hydrogen) atoms. The molecule has 0 amide bonds. The SMILES string of the molecule is O=c1cc(-c2ccccc2)c2ccc(OCc3n[nH]c(=S)o3)cc2o1. The number of fused-ring (bicyclic) bond motifs is 1. The first-order valence-corrected chi connectivity index (χ1v) is 7.90. The lowest BCUT2D eigenvalue weighted by Gasteiger charge is -2.08. The average molecular weight is 352 g/mol. The van der Waals surface area contributed by atoms with E-state index >= 15 is 0 Å². The zero-order valence-electron chi connectivity index (χ0n) is 12.9. The fourth-order valence-electron chi connectivity index (χ4n) is 2.56. The van der Waals surface area contributed by atoms with Gasteiger partial charge in [0.05, 0.1) is 0 Å². The van der Waals surface area contributed by atoms with Crippen molar-refractivity contribution in [3.63, 3.8) is 0 Å². The molecule has 0 radical (unpaired) electrons. The molecule has 0 aliphatic rings. The third kappa shape index (κ3) is 3.22. The lowest BCUT2D eigenvalue weighted by atomic mass is 10.0. The molecule has 1 N–H and O–H groups in total. The van der Waals surface area contributed by atoms with Crippen LogP contribution in [0.5, 0.6) is 5.75 Å². The van der Waals surface area contributed by atoms with Gasteiger partial charge in [0.2, 0.25) is 0 Å². The summed E-state index contributed by atoms with van der Waals surface area (Å²) < 4.78 is 16.1. The molecule has 0 aliphatic carbocycles. The quantitative estimate of drug-likeness (QED) is 0.440. The first kappa shape index (κ1) is 15.3. The highest BCUT2D eigenvalue weighted by Gasteiger charge is 2.09. The van der Waals surface area contributed by atoms with E-state index in [0.717, 1.165) is 16.5 Å². The standard InChI is InChI=1S/C18H12N2O4S/c21-17-9-14(11-4-2-1-3-5-11)13-7-6-12(8-15(13)23-17)22-10-16-19-20-18(25)24-16/h1-9H,10H2,(H,20,25). The minimum atomic E-state index is -0.415. The lowest BCUT2D eigenvalue weighted by molar-refractivity contribution is 0.261. The van der Waals surface area contributed by atoms with E-state index in [-0.39, 0.29) is 11.4 Å². The Morgan fingerprint density at radius 1 is 1.08 bits per heavy atom. The van der Waals surface area contributed by atoms with Crippen molar-refractivity contribution in [1.29, 1.82) is 0 Å². The van der Waals surface area contributed by atoms with E-state index in [4.69, 9.17) is 25.8 Å². The zero-order valence-corrected chi connectivity index (χ0v) is 13.7. The Hall–Kier alpha value is -3.19. The molecule has 124 valence electrons. The third-order valence-corrected chi connectivity index (χ3v) is 3.82. The maximum atomic E-state index is 11.9. The van der Waals surface area contributed by atoms with Crippen LogP contribution in [-0.2, 0) is 6.61 Å². The molecule has 0 saturated heterocycles. The van der Waals surface area contributed by atoms with Gasteiger partial charge in [0, 0.05) is 17.5 Å². The summed E-state index contributed by atoms with van der Waals surface area (Å²) in [5, 5.41) is 7.22. The second-order valence-electron chi connectivity index (χ2n) is 5.30. The van der Waals surface area contributed by atoms with Gasteiger partial charge in [0.25, 0.3) is 10.7 Å². The van der Waals surface area contributed by atoms with Gasteiger partial charge in [-0.15, -0.1) is 5.10 Å². The van der Waals surface area contributed by atoms with Crippen molar-refractivity contribution < 1.29 is 13.6 Å². The number of nitrogens with zero attached hydrogens (tertiary/aromatic N) is 1. The van der Waals surface area contributed by atoms with Gasteiger partial charge < -0.3 is 13.6 Å². The zero-order chi connectivity index (χ0) is 17.2. The molecule has 2 aromatic carbocycles. The number of H-pyrrole nitrogens is 1. The van der Waals surface area contributed by atoms with Crippen LogP contribution in [0.2, 0.25) is 0 Å². The van der Waals surface area contributed by atoms with Crippen LogP contribution in [0.4, 0.5) is 0 Å². The highest BCUT2D eigenvalue weighted by atomic mass is 32.1. The Morgan fingerprint density at radius 3 is 2.68 bits per heavy atom. The van der Waals surface area contributed by atoms with Crippen molar-refractivity contribution >= 4 is 23.2 Å². The van der Waals surface area contributed by atoms with Gasteiger partial charge in [-0.2, -0.15) is 0 Å². The highest BCUT2D eigenvalue weighted by Crippen LogP contribution is 2.29. The summed E-state index contributed by atoms with van der Waals surface area (Å²) in [6.45, 7) is 0.112. The molecule has 0 saturated carbocycles. The summed E-state index contributed by atoms with van der Waals surface area (Å²) in [6.07, 6.45) is 0. The Balaban J connectivity index is 1.71. The van der Waals surface area contributed by atoms with Crippen LogP contribution in [0, 0.1) is 4.84 Å². The predicted octanol–water partition coefficient (Wildman–Crippen LogP) is 4.08. The van der Waals surface area contributed by atoms with E-state index in [1.54, 1.807) is 12.1 Å². The van der Waals surface area contributed by atoms with Crippen molar-refractivity contribution in [2.75, 3.05) is 0 Å². The van der Waals surface area contributed by atoms with E-state index in [2.05, 4.69) is 10.2 Å². The van der Waals surface area contributed by atoms with E-state index in [1.807, 2.05) is 36.4 Å². The molecule has 0 bridgehead atoms. The average Bonchev–Trinajstić information content (AvgIpc) is 3.05. The Bertz CT molecular complexity index is 1140. The van der Waals surface area contributed by atoms with Gasteiger partial charge in [-0.3, -0.25) is 0 Å². The van der Waals surface area contributed by atoms with Crippen LogP contribution in [0.3, 0.4) is 0 Å². The molecule has 0 aliphatic heterocycles. The predicted molar refractivity (Wildman–Crippen MR) is 93.9 cm³/mol. The first-order valence-electron chi connectivity index (χ1n) is 7.49. The Kier molecular flexibility index (Phi) is 3.91. The normalized spacial score (nSPS) is 10.9. The molecular formula is C18H12N2O4S. The second kappa shape index (κ2) is 6.37. The number of hydrogen-bond acceptors (Lipinski definition) is 6. The second-order valence-corrected chi connectivity index (χ2v) is 5.67. The van der Waals surface area contributed by atoms with Crippen LogP contribution in [-0.4, -0.2) is 10.2 Å². The molecule has 6 nitrogen and oxygen atoms in total. The van der Waals surface area contributed by atoms with Gasteiger partial charge in [-0.05, 0) is 35.5 Å². The van der Waals surface area contributed by atoms with Gasteiger partial charge >= 0.3 is 5.63 Å². The number of ether oxygens (including phenoxy) is 1. The number of nitrogens with one attached hydrogen (secondary N) is 1. The molecule has 2 aromatic heterocycles. The molecule has 7 heteroatoms. The van der Waals surface area contributed by atoms with Crippen LogP contribution < -0.4 is 10.4 Å². The molecule has 0 atom stereocenters. The maximum Gasteiger partial charge on any atom is 0.336 e. The van der Waals surface area contributed by atoms with E-state index < -0.39 is 5.63 Å². The third-order valence-electron chi connectivity index (χ3n) is 3.65. The number of hydrogen-bond donors (Lipinski definition) is 1. The number of rotatable bonds is 4. The maximum absolute atomic E-state index is 11.9. The minimum Gasteiger partial charge on any atom is -0.484 e. The topological polar surface area (TPSA) is 81.3 Å². The highest BCUT2D eigenvalue weighted by molar-refractivity contribution is 7.71. The summed E-state index contributed by atoms with van der Waals surface area (Å²) in [5.74, 6) is 0.870. The lowest BCUT2D eigenvalue weighted by Crippen LogP contribution is -1.99. The fraction of sp³-hybridized carbons (Fsp3) is 0.0556. The van der Waals surface area contributed by atoms with Crippen LogP contribution in [0.1, 0.15) is 5.89 Å². The van der Waals surface area contributed by atoms with E-state index in [9.17, 15) is 4.79 Å². The van der Waals surface area contributed by atoms with Crippen LogP contribution in [0.25, 0.3) is 22.1 Å². The fourth-order valence-corrected chi connectivity index (χ4v) is 2.70. The van der Waals surface area contributed by atoms with Crippen molar-refractivity contribution in [2.24, 2.45) is 0 Å². The molecule has 4 aromatic rings. The number of aromatic amines is 1. The molecular weight excluding hydrogens is 340 g/mol. The number of aromatic nitrogens is 2. The summed E-state index contributed by atoms with van der Waals surface area (Å²) in [7, 11) is 0. The van der Waals surface area contributed by atoms with Crippen LogP contribution >= 0.6 is 12.2 Å². The summed E-state index contributed by atoms with van der Waals surface area (Å²) in [6, 6.07) is 16.5. The monoisotopic (exact) mass is 352 g/mol. The van der Waals surface area contributed by atoms with E-state index in [0.29, 0.717) is 17.2 Å². The van der Waals surface area contributed by atoms with E-state index in [1.165, 1.54) is 6.07 Å². The molecule has 0 fully saturated rings. The summed E-state index contributed by atoms with van der Waals surface area (Å²) >= 11 is 4.81. The van der Waals surface area contributed by atoms with Crippen molar-refractivity contribution in [3.05, 3.63) is 75.7 Å². The van der Waals surface area contributed by atoms with Crippen molar-refractivity contribution in [1.82, 2.24) is 10.2 Å². The molecule has 0 unspecified atom stereocenters. The number of benzene rings is 2. The van der Waals surface area contributed by atoms with Gasteiger partial charge in [-0.25, -0.2) is 9.89 Å². The summed E-state index contributed by atoms with van der Waals surface area (Å²) in [4.78, 5) is 12.1. The molecule has 4 rings (SSSR count). The molecule has 2 heterocycles. The van der Waals surface area contributed by atoms with Crippen LogP contribution in [0.15, 0.2) is 68.2 Å². The largest absolute Gasteiger partial charge is 0.484 e. The van der Waals surface area contributed by atoms with Crippen molar-refractivity contribution in [3.8, 4) is 16.9 Å². The molecule has 0 spiro atoms. The summed E-state index contributed by atoms with van der Waals surface area (Å²) in [5.41, 5.74) is 1.80. The first-order chi connectivity index (χ1) is 12.2. The van der Waals surface area contributed by atoms with Gasteiger partial charge in [-0.1, -0.05) is 30.3 Å². The Labute approximate surface area is 146 Å².